The summed E-state index contributed by atoms with van der Waals surface area (Å²) in [6.45, 7) is 0. The maximum Gasteiger partial charge on any atom is 0.306 e. The van der Waals surface area contributed by atoms with Crippen LogP contribution < -0.4 is 4.74 Å². The summed E-state index contributed by atoms with van der Waals surface area (Å²) in [5.41, 5.74) is 1.06. The number of benzene rings is 1. The molecule has 0 spiro atoms. The summed E-state index contributed by atoms with van der Waals surface area (Å²) in [4.78, 5) is 11.6. The highest BCUT2D eigenvalue weighted by Gasteiger charge is 2.40. The van der Waals surface area contributed by atoms with Gasteiger partial charge in [-0.25, -0.2) is 0 Å². The molecule has 2 saturated carbocycles. The molecule has 0 aromatic heterocycles. The average molecular weight is 288 g/mol. The lowest BCUT2D eigenvalue weighted by molar-refractivity contribution is -0.142. The second-order valence-electron chi connectivity index (χ2n) is 6.76. The topological polar surface area (TPSA) is 46.5 Å². The third-order valence-electron chi connectivity index (χ3n) is 5.44. The number of hydrogen-bond donors (Lipinski definition) is 1. The van der Waals surface area contributed by atoms with Crippen molar-refractivity contribution in [2.24, 2.45) is 23.7 Å². The smallest absolute Gasteiger partial charge is 0.306 e. The van der Waals surface area contributed by atoms with E-state index in [2.05, 4.69) is 0 Å². The van der Waals surface area contributed by atoms with Crippen LogP contribution in [-0.2, 0) is 11.2 Å². The first-order chi connectivity index (χ1) is 10.2. The molecular formula is C18H24O3. The van der Waals surface area contributed by atoms with E-state index in [-0.39, 0.29) is 5.92 Å². The molecule has 3 heteroatoms. The van der Waals surface area contributed by atoms with Crippen molar-refractivity contribution in [2.75, 3.05) is 7.11 Å². The Bertz CT molecular complexity index is 511. The molecule has 0 heterocycles. The van der Waals surface area contributed by atoms with Crippen LogP contribution in [0.2, 0.25) is 0 Å². The number of carboxylic acids is 1. The fourth-order valence-corrected chi connectivity index (χ4v) is 4.39. The van der Waals surface area contributed by atoms with E-state index >= 15 is 0 Å². The van der Waals surface area contributed by atoms with Gasteiger partial charge >= 0.3 is 5.97 Å². The fraction of sp³-hybridized carbons (Fsp3) is 0.611. The van der Waals surface area contributed by atoms with Gasteiger partial charge in [0.1, 0.15) is 5.75 Å². The van der Waals surface area contributed by atoms with E-state index in [0.29, 0.717) is 12.3 Å². The maximum absolute atomic E-state index is 11.6. The average Bonchev–Trinajstić information content (AvgIpc) is 3.09. The molecule has 0 amide bonds. The first kappa shape index (κ1) is 14.4. The fourth-order valence-electron chi connectivity index (χ4n) is 4.39. The predicted octanol–water partition coefficient (Wildman–Crippen LogP) is 3.76. The minimum absolute atomic E-state index is 0.263. The van der Waals surface area contributed by atoms with Crippen molar-refractivity contribution in [3.05, 3.63) is 29.8 Å². The van der Waals surface area contributed by atoms with Gasteiger partial charge in [0.25, 0.3) is 0 Å². The van der Waals surface area contributed by atoms with E-state index in [4.69, 9.17) is 4.74 Å². The minimum atomic E-state index is -0.652. The Morgan fingerprint density at radius 1 is 1.38 bits per heavy atom. The Morgan fingerprint density at radius 2 is 2.24 bits per heavy atom. The molecule has 2 bridgehead atoms. The Balaban J connectivity index is 1.65. The van der Waals surface area contributed by atoms with Crippen LogP contribution >= 0.6 is 0 Å². The van der Waals surface area contributed by atoms with E-state index < -0.39 is 5.97 Å². The molecule has 0 radical (unpaired) electrons. The van der Waals surface area contributed by atoms with Gasteiger partial charge in [-0.1, -0.05) is 18.6 Å². The Morgan fingerprint density at radius 3 is 2.86 bits per heavy atom. The first-order valence-corrected chi connectivity index (χ1v) is 8.01. The molecule has 2 aliphatic carbocycles. The summed E-state index contributed by atoms with van der Waals surface area (Å²) in [6, 6.07) is 7.79. The second-order valence-corrected chi connectivity index (χ2v) is 6.76. The van der Waals surface area contributed by atoms with E-state index in [1.807, 2.05) is 24.3 Å². The van der Waals surface area contributed by atoms with Crippen molar-refractivity contribution in [1.82, 2.24) is 0 Å². The summed E-state index contributed by atoms with van der Waals surface area (Å²) in [6.07, 6.45) is 6.74. The number of carboxylic acid groups (broad SMARTS) is 1. The quantitative estimate of drug-likeness (QED) is 0.867. The van der Waals surface area contributed by atoms with Crippen molar-refractivity contribution >= 4 is 5.97 Å². The highest BCUT2D eigenvalue weighted by Crippen LogP contribution is 2.50. The van der Waals surface area contributed by atoms with Gasteiger partial charge in [0.05, 0.1) is 13.0 Å². The number of methoxy groups -OCH3 is 1. The molecule has 0 saturated heterocycles. The van der Waals surface area contributed by atoms with Crippen molar-refractivity contribution in [3.8, 4) is 5.75 Å². The predicted molar refractivity (Wildman–Crippen MR) is 81.4 cm³/mol. The highest BCUT2D eigenvalue weighted by molar-refractivity contribution is 5.70. The second kappa shape index (κ2) is 6.08. The summed E-state index contributed by atoms with van der Waals surface area (Å²) < 4.78 is 5.22. The molecule has 1 aromatic carbocycles. The molecule has 21 heavy (non-hydrogen) atoms. The summed E-state index contributed by atoms with van der Waals surface area (Å²) in [5, 5.41) is 9.56. The molecule has 1 N–H and O–H groups in total. The van der Waals surface area contributed by atoms with Gasteiger partial charge in [0.15, 0.2) is 0 Å². The molecule has 2 aliphatic rings. The number of fused-ring (bicyclic) bond motifs is 2. The van der Waals surface area contributed by atoms with E-state index in [1.165, 1.54) is 25.7 Å². The molecule has 114 valence electrons. The SMILES string of the molecule is COc1cccc(CC(CC2CC3CCC2C3)C(=O)O)c1. The van der Waals surface area contributed by atoms with Gasteiger partial charge in [0, 0.05) is 0 Å². The van der Waals surface area contributed by atoms with Crippen LogP contribution in [0.1, 0.15) is 37.7 Å². The number of carbonyl (C=O) groups is 1. The van der Waals surface area contributed by atoms with Crippen LogP contribution in [0.3, 0.4) is 0 Å². The zero-order valence-corrected chi connectivity index (χ0v) is 12.6. The minimum Gasteiger partial charge on any atom is -0.497 e. The lowest BCUT2D eigenvalue weighted by Gasteiger charge is -2.24. The molecule has 4 atom stereocenters. The zero-order chi connectivity index (χ0) is 14.8. The summed E-state index contributed by atoms with van der Waals surface area (Å²) in [7, 11) is 1.64. The normalized spacial score (nSPS) is 28.5. The largest absolute Gasteiger partial charge is 0.497 e. The Labute approximate surface area is 126 Å². The zero-order valence-electron chi connectivity index (χ0n) is 12.6. The van der Waals surface area contributed by atoms with Crippen LogP contribution in [0, 0.1) is 23.7 Å². The number of aliphatic carboxylic acids is 1. The molecule has 4 unspecified atom stereocenters. The van der Waals surface area contributed by atoms with Gasteiger partial charge in [-0.2, -0.15) is 0 Å². The van der Waals surface area contributed by atoms with Gasteiger partial charge in [-0.05, 0) is 67.6 Å². The molecule has 1 aromatic rings. The standard InChI is InChI=1S/C18H24O3/c1-21-17-4-2-3-12(10-17)9-16(18(19)20)11-15-8-13-5-6-14(15)7-13/h2-4,10,13-16H,5-9,11H2,1H3,(H,19,20). The van der Waals surface area contributed by atoms with Crippen LogP contribution in [0.5, 0.6) is 5.75 Å². The third kappa shape index (κ3) is 3.22. The molecule has 2 fully saturated rings. The molecule has 3 nitrogen and oxygen atoms in total. The van der Waals surface area contributed by atoms with Crippen LogP contribution in [-0.4, -0.2) is 18.2 Å². The van der Waals surface area contributed by atoms with Crippen LogP contribution in [0.25, 0.3) is 0 Å². The van der Waals surface area contributed by atoms with Gasteiger partial charge < -0.3 is 9.84 Å². The van der Waals surface area contributed by atoms with Crippen LogP contribution in [0.4, 0.5) is 0 Å². The van der Waals surface area contributed by atoms with Gasteiger partial charge in [-0.3, -0.25) is 4.79 Å². The molecular weight excluding hydrogens is 264 g/mol. The lowest BCUT2D eigenvalue weighted by atomic mass is 9.80. The summed E-state index contributed by atoms with van der Waals surface area (Å²) >= 11 is 0. The number of rotatable bonds is 6. The van der Waals surface area contributed by atoms with Gasteiger partial charge in [0.2, 0.25) is 0 Å². The number of ether oxygens (including phenoxy) is 1. The van der Waals surface area contributed by atoms with E-state index in [1.54, 1.807) is 7.11 Å². The van der Waals surface area contributed by atoms with E-state index in [9.17, 15) is 9.90 Å². The highest BCUT2D eigenvalue weighted by atomic mass is 16.5. The molecule has 0 aliphatic heterocycles. The summed E-state index contributed by atoms with van der Waals surface area (Å²) in [5.74, 6) is 2.20. The van der Waals surface area contributed by atoms with Crippen molar-refractivity contribution < 1.29 is 14.6 Å². The maximum atomic E-state index is 11.6. The molecule has 3 rings (SSSR count). The van der Waals surface area contributed by atoms with E-state index in [0.717, 1.165) is 29.6 Å². The van der Waals surface area contributed by atoms with Gasteiger partial charge in [-0.15, -0.1) is 0 Å². The monoisotopic (exact) mass is 288 g/mol. The lowest BCUT2D eigenvalue weighted by Crippen LogP contribution is -2.23. The first-order valence-electron chi connectivity index (χ1n) is 8.01. The Kier molecular flexibility index (Phi) is 4.18. The van der Waals surface area contributed by atoms with Crippen molar-refractivity contribution in [2.45, 2.75) is 38.5 Å². The Hall–Kier alpha value is -1.51. The van der Waals surface area contributed by atoms with Crippen molar-refractivity contribution in [3.63, 3.8) is 0 Å². The number of hydrogen-bond acceptors (Lipinski definition) is 2. The third-order valence-corrected chi connectivity index (χ3v) is 5.44. The van der Waals surface area contributed by atoms with Crippen molar-refractivity contribution in [1.29, 1.82) is 0 Å². The van der Waals surface area contributed by atoms with Crippen LogP contribution in [0.15, 0.2) is 24.3 Å².